The maximum Gasteiger partial charge on any atom is 0.238 e. The number of anilines is 1. The lowest BCUT2D eigenvalue weighted by atomic mass is 10.1. The summed E-state index contributed by atoms with van der Waals surface area (Å²) in [5, 5.41) is 2.86. The number of hydrogen-bond donors (Lipinski definition) is 1. The second kappa shape index (κ2) is 10.2. The van der Waals surface area contributed by atoms with Gasteiger partial charge >= 0.3 is 0 Å². The van der Waals surface area contributed by atoms with Crippen molar-refractivity contribution in [3.63, 3.8) is 0 Å². The van der Waals surface area contributed by atoms with Gasteiger partial charge in [0.1, 0.15) is 0 Å². The van der Waals surface area contributed by atoms with E-state index in [4.69, 9.17) is 20.6 Å². The molecular formula is C22H26N2O4. The molecule has 0 spiro atoms. The SMILES string of the molecule is C#CCN(CC(=O)Nc1cc(OC)c(OC)c(OC)c1)Cc1ccc(C)cc1. The summed E-state index contributed by atoms with van der Waals surface area (Å²) in [6, 6.07) is 11.5. The van der Waals surface area contributed by atoms with E-state index in [2.05, 4.69) is 11.2 Å². The Morgan fingerprint density at radius 3 is 2.18 bits per heavy atom. The standard InChI is InChI=1S/C22H26N2O4/c1-6-11-24(14-17-9-7-16(2)8-10-17)15-21(25)23-18-12-19(26-3)22(28-5)20(13-18)27-4/h1,7-10,12-13H,11,14-15H2,2-5H3,(H,23,25). The molecule has 2 rings (SSSR count). The number of aryl methyl sites for hydroxylation is 1. The van der Waals surface area contributed by atoms with Gasteiger partial charge in [-0.05, 0) is 12.5 Å². The van der Waals surface area contributed by atoms with E-state index in [1.807, 2.05) is 36.1 Å². The van der Waals surface area contributed by atoms with Gasteiger partial charge in [-0.3, -0.25) is 9.69 Å². The molecule has 0 saturated heterocycles. The summed E-state index contributed by atoms with van der Waals surface area (Å²) >= 11 is 0. The van der Waals surface area contributed by atoms with Crippen molar-refractivity contribution in [2.24, 2.45) is 0 Å². The zero-order valence-corrected chi connectivity index (χ0v) is 16.7. The number of terminal acetylenes is 1. The first-order chi connectivity index (χ1) is 13.5. The van der Waals surface area contributed by atoms with E-state index < -0.39 is 0 Å². The van der Waals surface area contributed by atoms with Crippen LogP contribution in [-0.4, -0.2) is 45.2 Å². The molecule has 0 aliphatic rings. The number of amides is 1. The minimum absolute atomic E-state index is 0.161. The lowest BCUT2D eigenvalue weighted by molar-refractivity contribution is -0.117. The van der Waals surface area contributed by atoms with E-state index in [0.717, 1.165) is 5.56 Å². The largest absolute Gasteiger partial charge is 0.493 e. The molecule has 6 heteroatoms. The minimum atomic E-state index is -0.184. The summed E-state index contributed by atoms with van der Waals surface area (Å²) in [6.07, 6.45) is 5.47. The first kappa shape index (κ1) is 21.1. The Kier molecular flexibility index (Phi) is 7.73. The van der Waals surface area contributed by atoms with Crippen LogP contribution in [0.25, 0.3) is 0 Å². The molecule has 0 radical (unpaired) electrons. The first-order valence-electron chi connectivity index (χ1n) is 8.82. The third kappa shape index (κ3) is 5.66. The van der Waals surface area contributed by atoms with E-state index in [-0.39, 0.29) is 12.5 Å². The molecule has 0 unspecified atom stereocenters. The maximum atomic E-state index is 12.6. The lowest BCUT2D eigenvalue weighted by Gasteiger charge is -2.20. The van der Waals surface area contributed by atoms with E-state index in [1.165, 1.54) is 26.9 Å². The number of carbonyl (C=O) groups excluding carboxylic acids is 1. The number of carbonyl (C=O) groups is 1. The van der Waals surface area contributed by atoms with E-state index in [1.54, 1.807) is 12.1 Å². The van der Waals surface area contributed by atoms with Crippen LogP contribution in [0.2, 0.25) is 0 Å². The zero-order valence-electron chi connectivity index (χ0n) is 16.7. The summed E-state index contributed by atoms with van der Waals surface area (Å²) in [5.41, 5.74) is 2.84. The minimum Gasteiger partial charge on any atom is -0.493 e. The van der Waals surface area contributed by atoms with Crippen molar-refractivity contribution in [3.8, 4) is 29.6 Å². The normalized spacial score (nSPS) is 10.3. The topological polar surface area (TPSA) is 60.0 Å². The molecule has 0 saturated carbocycles. The highest BCUT2D eigenvalue weighted by Gasteiger charge is 2.16. The average Bonchev–Trinajstić information content (AvgIpc) is 2.68. The fraction of sp³-hybridized carbons (Fsp3) is 0.318. The summed E-state index contributed by atoms with van der Waals surface area (Å²) in [4.78, 5) is 14.5. The molecule has 148 valence electrons. The van der Waals surface area contributed by atoms with Gasteiger partial charge in [0.25, 0.3) is 0 Å². The van der Waals surface area contributed by atoms with Crippen LogP contribution >= 0.6 is 0 Å². The number of benzene rings is 2. The van der Waals surface area contributed by atoms with Crippen LogP contribution in [0.5, 0.6) is 17.2 Å². The molecule has 0 aliphatic heterocycles. The second-order valence-electron chi connectivity index (χ2n) is 6.30. The number of methoxy groups -OCH3 is 3. The fourth-order valence-corrected chi connectivity index (χ4v) is 2.81. The third-order valence-electron chi connectivity index (χ3n) is 4.16. The van der Waals surface area contributed by atoms with Crippen molar-refractivity contribution in [1.29, 1.82) is 0 Å². The van der Waals surface area contributed by atoms with Crippen LogP contribution in [0.4, 0.5) is 5.69 Å². The first-order valence-corrected chi connectivity index (χ1v) is 8.82. The Hall–Kier alpha value is -3.17. The molecule has 2 aromatic rings. The number of nitrogens with zero attached hydrogens (tertiary/aromatic N) is 1. The Labute approximate surface area is 166 Å². The number of nitrogens with one attached hydrogen (secondary N) is 1. The highest BCUT2D eigenvalue weighted by atomic mass is 16.5. The van der Waals surface area contributed by atoms with Crippen LogP contribution in [0.3, 0.4) is 0 Å². The molecule has 0 fully saturated rings. The van der Waals surface area contributed by atoms with Crippen molar-refractivity contribution >= 4 is 11.6 Å². The molecule has 28 heavy (non-hydrogen) atoms. The molecule has 0 aromatic heterocycles. The maximum absolute atomic E-state index is 12.6. The smallest absolute Gasteiger partial charge is 0.238 e. The van der Waals surface area contributed by atoms with Gasteiger partial charge in [0, 0.05) is 24.4 Å². The van der Waals surface area contributed by atoms with Gasteiger partial charge < -0.3 is 19.5 Å². The Bertz CT molecular complexity index is 816. The predicted octanol–water partition coefficient (Wildman–Crippen LogP) is 3.09. The van der Waals surface area contributed by atoms with Gasteiger partial charge in [0.2, 0.25) is 11.7 Å². The summed E-state index contributed by atoms with van der Waals surface area (Å²) < 4.78 is 15.9. The van der Waals surface area contributed by atoms with Crippen LogP contribution in [-0.2, 0) is 11.3 Å². The lowest BCUT2D eigenvalue weighted by Crippen LogP contribution is -2.33. The third-order valence-corrected chi connectivity index (χ3v) is 4.16. The van der Waals surface area contributed by atoms with Gasteiger partial charge in [-0.25, -0.2) is 0 Å². The zero-order chi connectivity index (χ0) is 20.5. The van der Waals surface area contributed by atoms with Crippen molar-refractivity contribution in [2.75, 3.05) is 39.7 Å². The Balaban J connectivity index is 2.10. The van der Waals surface area contributed by atoms with Gasteiger partial charge in [-0.1, -0.05) is 35.7 Å². The number of rotatable bonds is 9. The van der Waals surface area contributed by atoms with Crippen LogP contribution in [0, 0.1) is 19.3 Å². The molecule has 0 bridgehead atoms. The molecular weight excluding hydrogens is 356 g/mol. The molecule has 6 nitrogen and oxygen atoms in total. The number of ether oxygens (including phenoxy) is 3. The van der Waals surface area contributed by atoms with E-state index in [9.17, 15) is 4.79 Å². The molecule has 0 heterocycles. The van der Waals surface area contributed by atoms with Crippen LogP contribution in [0.1, 0.15) is 11.1 Å². The van der Waals surface area contributed by atoms with E-state index in [0.29, 0.717) is 36.0 Å². The van der Waals surface area contributed by atoms with Gasteiger partial charge in [-0.2, -0.15) is 0 Å². The van der Waals surface area contributed by atoms with Crippen molar-refractivity contribution in [1.82, 2.24) is 4.90 Å². The fourth-order valence-electron chi connectivity index (χ4n) is 2.81. The molecule has 2 aromatic carbocycles. The van der Waals surface area contributed by atoms with Crippen molar-refractivity contribution in [3.05, 3.63) is 47.5 Å². The average molecular weight is 382 g/mol. The summed E-state index contributed by atoms with van der Waals surface area (Å²) in [7, 11) is 4.58. The van der Waals surface area contributed by atoms with Crippen LogP contribution < -0.4 is 19.5 Å². The molecule has 0 atom stereocenters. The summed E-state index contributed by atoms with van der Waals surface area (Å²) in [5.74, 6) is 3.83. The van der Waals surface area contributed by atoms with Crippen molar-refractivity contribution in [2.45, 2.75) is 13.5 Å². The van der Waals surface area contributed by atoms with Gasteiger partial charge in [-0.15, -0.1) is 6.42 Å². The summed E-state index contributed by atoms with van der Waals surface area (Å²) in [6.45, 7) is 3.16. The molecule has 1 N–H and O–H groups in total. The highest BCUT2D eigenvalue weighted by molar-refractivity contribution is 5.93. The molecule has 0 aliphatic carbocycles. The Morgan fingerprint density at radius 2 is 1.68 bits per heavy atom. The highest BCUT2D eigenvalue weighted by Crippen LogP contribution is 2.39. The van der Waals surface area contributed by atoms with E-state index >= 15 is 0 Å². The number of hydrogen-bond acceptors (Lipinski definition) is 5. The monoisotopic (exact) mass is 382 g/mol. The Morgan fingerprint density at radius 1 is 1.07 bits per heavy atom. The predicted molar refractivity (Wildman–Crippen MR) is 110 cm³/mol. The van der Waals surface area contributed by atoms with Gasteiger partial charge in [0.15, 0.2) is 11.5 Å². The quantitative estimate of drug-likeness (QED) is 0.676. The van der Waals surface area contributed by atoms with Gasteiger partial charge in [0.05, 0.1) is 34.4 Å². The molecule has 1 amide bonds. The van der Waals surface area contributed by atoms with Crippen LogP contribution in [0.15, 0.2) is 36.4 Å². The van der Waals surface area contributed by atoms with Crippen molar-refractivity contribution < 1.29 is 19.0 Å². The second-order valence-corrected chi connectivity index (χ2v) is 6.30.